The smallest absolute Gasteiger partial charge is 0.111 e. The van der Waals surface area contributed by atoms with Crippen LogP contribution >= 0.6 is 31.9 Å². The Morgan fingerprint density at radius 3 is 2.64 bits per heavy atom. The van der Waals surface area contributed by atoms with Gasteiger partial charge in [-0.15, -0.1) is 0 Å². The first-order valence-electron chi connectivity index (χ1n) is 3.10. The molecule has 11 heavy (non-hydrogen) atoms. The van der Waals surface area contributed by atoms with Gasteiger partial charge in [0.25, 0.3) is 0 Å². The van der Waals surface area contributed by atoms with Crippen molar-refractivity contribution in [3.8, 4) is 0 Å². The lowest BCUT2D eigenvalue weighted by Crippen LogP contribution is -1.94. The third-order valence-electron chi connectivity index (χ3n) is 1.28. The van der Waals surface area contributed by atoms with E-state index in [9.17, 15) is 5.11 Å². The molecule has 1 rings (SSSR count). The normalized spacial score (nSPS) is 13.1. The zero-order valence-corrected chi connectivity index (χ0v) is 9.05. The summed E-state index contributed by atoms with van der Waals surface area (Å²) in [6.45, 7) is 1.70. The minimum absolute atomic E-state index is 0.491. The van der Waals surface area contributed by atoms with Crippen LogP contribution in [0.1, 0.15) is 18.6 Å². The summed E-state index contributed by atoms with van der Waals surface area (Å²) in [4.78, 5) is 4.01. The maximum absolute atomic E-state index is 9.24. The molecule has 0 aliphatic rings. The van der Waals surface area contributed by atoms with Gasteiger partial charge in [-0.05, 0) is 44.8 Å². The Balaban J connectivity index is 3.13. The summed E-state index contributed by atoms with van der Waals surface area (Å²) in [5.74, 6) is 0. The summed E-state index contributed by atoms with van der Waals surface area (Å²) in [6.07, 6.45) is 1.19. The quantitative estimate of drug-likeness (QED) is 0.803. The van der Waals surface area contributed by atoms with E-state index in [4.69, 9.17) is 0 Å². The lowest BCUT2D eigenvalue weighted by atomic mass is 10.2. The highest BCUT2D eigenvalue weighted by Gasteiger charge is 2.06. The lowest BCUT2D eigenvalue weighted by molar-refractivity contribution is 0.198. The van der Waals surface area contributed by atoms with Gasteiger partial charge in [0.05, 0.1) is 6.10 Å². The number of hydrogen-bond donors (Lipinski definition) is 1. The van der Waals surface area contributed by atoms with E-state index in [0.717, 1.165) is 10.0 Å². The topological polar surface area (TPSA) is 33.1 Å². The van der Waals surface area contributed by atoms with Crippen LogP contribution in [-0.2, 0) is 0 Å². The predicted octanol–water partition coefficient (Wildman–Crippen LogP) is 2.66. The van der Waals surface area contributed by atoms with Gasteiger partial charge in [0, 0.05) is 16.2 Å². The number of hydrogen-bond acceptors (Lipinski definition) is 2. The molecule has 0 radical (unpaired) electrons. The standard InChI is InChI=1S/C7H7Br2NO/c1-4(11)6-2-5(8)3-10-7(6)9/h2-4,11H,1H3/t4-/m1/s1. The Hall–Kier alpha value is 0.0700. The van der Waals surface area contributed by atoms with E-state index < -0.39 is 6.10 Å². The summed E-state index contributed by atoms with van der Waals surface area (Å²) >= 11 is 6.51. The lowest BCUT2D eigenvalue weighted by Gasteiger charge is -2.05. The van der Waals surface area contributed by atoms with Crippen molar-refractivity contribution in [3.63, 3.8) is 0 Å². The molecule has 0 amide bonds. The zero-order chi connectivity index (χ0) is 8.43. The average Bonchev–Trinajstić information content (AvgIpc) is 1.94. The summed E-state index contributed by atoms with van der Waals surface area (Å²) in [7, 11) is 0. The van der Waals surface area contributed by atoms with E-state index in [1.807, 2.05) is 6.07 Å². The molecule has 1 N–H and O–H groups in total. The van der Waals surface area contributed by atoms with Crippen molar-refractivity contribution in [2.45, 2.75) is 13.0 Å². The van der Waals surface area contributed by atoms with E-state index in [-0.39, 0.29) is 0 Å². The van der Waals surface area contributed by atoms with Gasteiger partial charge in [-0.2, -0.15) is 0 Å². The molecule has 0 saturated heterocycles. The molecule has 0 bridgehead atoms. The Morgan fingerprint density at radius 2 is 2.18 bits per heavy atom. The van der Waals surface area contributed by atoms with Gasteiger partial charge in [0.15, 0.2) is 0 Å². The second-order valence-electron chi connectivity index (χ2n) is 2.21. The highest BCUT2D eigenvalue weighted by molar-refractivity contribution is 9.11. The molecule has 0 aromatic carbocycles. The minimum Gasteiger partial charge on any atom is -0.389 e. The molecule has 0 aliphatic carbocycles. The van der Waals surface area contributed by atoms with Gasteiger partial charge in [-0.3, -0.25) is 0 Å². The molecule has 0 spiro atoms. The molecule has 0 unspecified atom stereocenters. The van der Waals surface area contributed by atoms with Gasteiger partial charge in [-0.1, -0.05) is 0 Å². The summed E-state index contributed by atoms with van der Waals surface area (Å²) in [5.41, 5.74) is 0.791. The fourth-order valence-corrected chi connectivity index (χ4v) is 1.63. The largest absolute Gasteiger partial charge is 0.389 e. The molecule has 1 heterocycles. The number of rotatable bonds is 1. The summed E-state index contributed by atoms with van der Waals surface area (Å²) in [6, 6.07) is 1.84. The number of pyridine rings is 1. The van der Waals surface area contributed by atoms with E-state index in [2.05, 4.69) is 36.8 Å². The van der Waals surface area contributed by atoms with Crippen molar-refractivity contribution < 1.29 is 5.11 Å². The van der Waals surface area contributed by atoms with Gasteiger partial charge in [0.2, 0.25) is 0 Å². The summed E-state index contributed by atoms with van der Waals surface area (Å²) < 4.78 is 1.56. The monoisotopic (exact) mass is 279 g/mol. The van der Waals surface area contributed by atoms with Crippen LogP contribution in [-0.4, -0.2) is 10.1 Å². The molecular formula is C7H7Br2NO. The Morgan fingerprint density at radius 1 is 1.55 bits per heavy atom. The minimum atomic E-state index is -0.491. The molecular weight excluding hydrogens is 274 g/mol. The molecule has 1 aromatic heterocycles. The number of aliphatic hydroxyl groups is 1. The van der Waals surface area contributed by atoms with Gasteiger partial charge >= 0.3 is 0 Å². The Labute approximate surface area is 81.9 Å². The highest BCUT2D eigenvalue weighted by Crippen LogP contribution is 2.23. The van der Waals surface area contributed by atoms with E-state index in [0.29, 0.717) is 4.60 Å². The van der Waals surface area contributed by atoms with Gasteiger partial charge in [-0.25, -0.2) is 4.98 Å². The first-order valence-corrected chi connectivity index (χ1v) is 4.69. The van der Waals surface area contributed by atoms with Crippen LogP contribution in [0, 0.1) is 0 Å². The third-order valence-corrected chi connectivity index (χ3v) is 2.38. The van der Waals surface area contributed by atoms with E-state index >= 15 is 0 Å². The van der Waals surface area contributed by atoms with Crippen molar-refractivity contribution in [1.82, 2.24) is 4.98 Å². The summed E-state index contributed by atoms with van der Waals surface area (Å²) in [5, 5.41) is 9.24. The van der Waals surface area contributed by atoms with Crippen molar-refractivity contribution in [3.05, 3.63) is 26.9 Å². The van der Waals surface area contributed by atoms with Crippen LogP contribution in [0.5, 0.6) is 0 Å². The number of aromatic nitrogens is 1. The van der Waals surface area contributed by atoms with Crippen LogP contribution in [0.4, 0.5) is 0 Å². The number of nitrogens with zero attached hydrogens (tertiary/aromatic N) is 1. The maximum Gasteiger partial charge on any atom is 0.111 e. The van der Waals surface area contributed by atoms with Crippen molar-refractivity contribution in [2.75, 3.05) is 0 Å². The van der Waals surface area contributed by atoms with Crippen molar-refractivity contribution in [2.24, 2.45) is 0 Å². The fourth-order valence-electron chi connectivity index (χ4n) is 0.731. The average molecular weight is 281 g/mol. The molecule has 1 aromatic rings. The first-order chi connectivity index (χ1) is 5.11. The van der Waals surface area contributed by atoms with Crippen LogP contribution in [0.2, 0.25) is 0 Å². The van der Waals surface area contributed by atoms with Gasteiger partial charge in [0.1, 0.15) is 4.60 Å². The van der Waals surface area contributed by atoms with Crippen LogP contribution in [0.3, 0.4) is 0 Å². The molecule has 1 atom stereocenters. The molecule has 0 fully saturated rings. The molecule has 0 aliphatic heterocycles. The molecule has 4 heteroatoms. The highest BCUT2D eigenvalue weighted by atomic mass is 79.9. The SMILES string of the molecule is C[C@@H](O)c1cc(Br)cnc1Br. The van der Waals surface area contributed by atoms with Gasteiger partial charge < -0.3 is 5.11 Å². The first kappa shape index (κ1) is 9.16. The molecule has 60 valence electrons. The maximum atomic E-state index is 9.24. The molecule has 0 saturated carbocycles. The zero-order valence-electron chi connectivity index (χ0n) is 5.88. The second kappa shape index (κ2) is 3.65. The van der Waals surface area contributed by atoms with E-state index in [1.165, 1.54) is 0 Å². The predicted molar refractivity (Wildman–Crippen MR) is 50.3 cm³/mol. The number of aliphatic hydroxyl groups excluding tert-OH is 1. The Bertz CT molecular complexity index is 263. The van der Waals surface area contributed by atoms with Crippen molar-refractivity contribution in [1.29, 1.82) is 0 Å². The Kier molecular flexibility index (Phi) is 3.04. The van der Waals surface area contributed by atoms with E-state index in [1.54, 1.807) is 13.1 Å². The van der Waals surface area contributed by atoms with Crippen LogP contribution in [0.15, 0.2) is 21.3 Å². The van der Waals surface area contributed by atoms with Crippen molar-refractivity contribution >= 4 is 31.9 Å². The van der Waals surface area contributed by atoms with Crippen LogP contribution in [0.25, 0.3) is 0 Å². The second-order valence-corrected chi connectivity index (χ2v) is 3.88. The fraction of sp³-hybridized carbons (Fsp3) is 0.286. The number of halogens is 2. The molecule has 2 nitrogen and oxygen atoms in total. The third kappa shape index (κ3) is 2.25. The van der Waals surface area contributed by atoms with Crippen LogP contribution < -0.4 is 0 Å².